The number of rotatable bonds is 7. The Bertz CT molecular complexity index is 1120. The molecule has 4 rings (SSSR count). The molecular formula is C27H34ClFN4OS. The van der Waals surface area contributed by atoms with Gasteiger partial charge < -0.3 is 5.32 Å². The highest BCUT2D eigenvalue weighted by molar-refractivity contribution is 7.16. The number of fused-ring (bicyclic) bond motifs is 1. The van der Waals surface area contributed by atoms with Gasteiger partial charge in [-0.05, 0) is 53.9 Å². The average Bonchev–Trinajstić information content (AvgIpc) is 3.18. The van der Waals surface area contributed by atoms with Crippen molar-refractivity contribution in [3.8, 4) is 6.07 Å². The van der Waals surface area contributed by atoms with Crippen LogP contribution in [0.1, 0.15) is 55.2 Å². The van der Waals surface area contributed by atoms with Crippen LogP contribution in [0.15, 0.2) is 18.2 Å². The van der Waals surface area contributed by atoms with E-state index in [4.69, 9.17) is 11.6 Å². The largest absolute Gasteiger partial charge is 0.315 e. The SMILES string of the molecule is CCC(C)(C)[C@H]1CCc2c(sc(NC(=O)CN3CCN(Cc4ccc(F)cc4Cl)CC3)c2C#N)C1. The lowest BCUT2D eigenvalue weighted by atomic mass is 9.69. The van der Waals surface area contributed by atoms with E-state index >= 15 is 0 Å². The van der Waals surface area contributed by atoms with Gasteiger partial charge in [0.2, 0.25) is 5.91 Å². The average molecular weight is 517 g/mol. The fourth-order valence-electron chi connectivity index (χ4n) is 5.11. The highest BCUT2D eigenvalue weighted by Gasteiger charge is 2.34. The van der Waals surface area contributed by atoms with Gasteiger partial charge >= 0.3 is 0 Å². The second-order valence-electron chi connectivity index (χ2n) is 10.4. The minimum Gasteiger partial charge on any atom is -0.315 e. The molecule has 1 fully saturated rings. The van der Waals surface area contributed by atoms with Crippen LogP contribution in [-0.2, 0) is 24.2 Å². The van der Waals surface area contributed by atoms with Crippen molar-refractivity contribution in [1.29, 1.82) is 5.26 Å². The summed E-state index contributed by atoms with van der Waals surface area (Å²) in [7, 11) is 0. The second kappa shape index (κ2) is 11.0. The van der Waals surface area contributed by atoms with E-state index in [0.29, 0.717) is 34.6 Å². The van der Waals surface area contributed by atoms with Crippen LogP contribution in [0, 0.1) is 28.5 Å². The van der Waals surface area contributed by atoms with Crippen molar-refractivity contribution in [2.75, 3.05) is 38.0 Å². The maximum atomic E-state index is 13.3. The summed E-state index contributed by atoms with van der Waals surface area (Å²) < 4.78 is 13.3. The maximum Gasteiger partial charge on any atom is 0.239 e. The highest BCUT2D eigenvalue weighted by atomic mass is 35.5. The van der Waals surface area contributed by atoms with E-state index < -0.39 is 0 Å². The summed E-state index contributed by atoms with van der Waals surface area (Å²) in [6.07, 6.45) is 4.14. The molecular weight excluding hydrogens is 483 g/mol. The number of benzene rings is 1. The van der Waals surface area contributed by atoms with Crippen molar-refractivity contribution in [1.82, 2.24) is 9.80 Å². The van der Waals surface area contributed by atoms with Crippen molar-refractivity contribution in [2.24, 2.45) is 11.3 Å². The normalized spacial score (nSPS) is 19.3. The Hall–Kier alpha value is -1.98. The number of nitrogens with one attached hydrogen (secondary N) is 1. The Morgan fingerprint density at radius 2 is 2.00 bits per heavy atom. The Labute approximate surface area is 216 Å². The lowest BCUT2D eigenvalue weighted by molar-refractivity contribution is -0.117. The van der Waals surface area contributed by atoms with E-state index in [9.17, 15) is 14.4 Å². The first kappa shape index (κ1) is 26.1. The molecule has 1 amide bonds. The van der Waals surface area contributed by atoms with Crippen molar-refractivity contribution in [3.05, 3.63) is 50.6 Å². The molecule has 35 heavy (non-hydrogen) atoms. The number of anilines is 1. The second-order valence-corrected chi connectivity index (χ2v) is 12.0. The third-order valence-corrected chi connectivity index (χ3v) is 9.41. The van der Waals surface area contributed by atoms with Gasteiger partial charge in [-0.15, -0.1) is 11.3 Å². The standard InChI is InChI=1S/C27H34ClFN4OS/c1-4-27(2,3)19-6-8-21-22(15-30)26(35-24(21)13-19)31-25(34)17-33-11-9-32(10-12-33)16-18-5-7-20(29)14-23(18)28/h5,7,14,19H,4,6,8-13,16-17H2,1-3H3,(H,31,34)/t19-/m0/s1. The molecule has 1 aliphatic carbocycles. The molecule has 2 aromatic rings. The number of thiophene rings is 1. The van der Waals surface area contributed by atoms with Crippen molar-refractivity contribution < 1.29 is 9.18 Å². The van der Waals surface area contributed by atoms with Gasteiger partial charge in [0.15, 0.2) is 0 Å². The zero-order chi connectivity index (χ0) is 25.2. The van der Waals surface area contributed by atoms with Gasteiger partial charge in [0.05, 0.1) is 12.1 Å². The van der Waals surface area contributed by atoms with Crippen molar-refractivity contribution in [2.45, 2.75) is 53.0 Å². The summed E-state index contributed by atoms with van der Waals surface area (Å²) in [5.41, 5.74) is 2.99. The first-order chi connectivity index (χ1) is 16.7. The fourth-order valence-corrected chi connectivity index (χ4v) is 6.63. The molecule has 0 spiro atoms. The van der Waals surface area contributed by atoms with Gasteiger partial charge in [-0.3, -0.25) is 14.6 Å². The molecule has 2 aliphatic rings. The number of carbonyl (C=O) groups excluding carboxylic acids is 1. The Balaban J connectivity index is 1.31. The molecule has 1 saturated heterocycles. The number of amides is 1. The number of hydrogen-bond donors (Lipinski definition) is 1. The van der Waals surface area contributed by atoms with Crippen LogP contribution in [0.25, 0.3) is 0 Å². The topological polar surface area (TPSA) is 59.4 Å². The lowest BCUT2D eigenvalue weighted by Crippen LogP contribution is -2.48. The van der Waals surface area contributed by atoms with Crippen LogP contribution in [0.3, 0.4) is 0 Å². The van der Waals surface area contributed by atoms with Crippen LogP contribution in [-0.4, -0.2) is 48.4 Å². The predicted molar refractivity (Wildman–Crippen MR) is 140 cm³/mol. The fraction of sp³-hybridized carbons (Fsp3) is 0.556. The smallest absolute Gasteiger partial charge is 0.239 e. The van der Waals surface area contributed by atoms with Crippen LogP contribution in [0.2, 0.25) is 5.02 Å². The number of carbonyl (C=O) groups is 1. The molecule has 0 radical (unpaired) electrons. The summed E-state index contributed by atoms with van der Waals surface area (Å²) in [5.74, 6) is 0.209. The number of hydrogen-bond acceptors (Lipinski definition) is 5. The van der Waals surface area contributed by atoms with E-state index in [0.717, 1.165) is 63.0 Å². The van der Waals surface area contributed by atoms with E-state index in [1.165, 1.54) is 17.0 Å². The van der Waals surface area contributed by atoms with Crippen LogP contribution < -0.4 is 5.32 Å². The third kappa shape index (κ3) is 6.06. The molecule has 0 bridgehead atoms. The molecule has 1 aromatic carbocycles. The Morgan fingerprint density at radius 3 is 2.66 bits per heavy atom. The van der Waals surface area contributed by atoms with Crippen LogP contribution in [0.4, 0.5) is 9.39 Å². The number of piperazine rings is 1. The molecule has 2 heterocycles. The molecule has 0 saturated carbocycles. The monoisotopic (exact) mass is 516 g/mol. The zero-order valence-electron chi connectivity index (χ0n) is 20.8. The van der Waals surface area contributed by atoms with E-state index in [2.05, 4.69) is 42.0 Å². The predicted octanol–water partition coefficient (Wildman–Crippen LogP) is 5.71. The number of nitrogens with zero attached hydrogens (tertiary/aromatic N) is 3. The van der Waals surface area contributed by atoms with Gasteiger partial charge in [0, 0.05) is 42.6 Å². The summed E-state index contributed by atoms with van der Waals surface area (Å²) in [5, 5.41) is 14.0. The molecule has 188 valence electrons. The summed E-state index contributed by atoms with van der Waals surface area (Å²) in [6.45, 7) is 11.0. The zero-order valence-corrected chi connectivity index (χ0v) is 22.4. The first-order valence-electron chi connectivity index (χ1n) is 12.4. The van der Waals surface area contributed by atoms with Crippen molar-refractivity contribution >= 4 is 33.8 Å². The van der Waals surface area contributed by atoms with Gasteiger partial charge in [-0.1, -0.05) is 44.9 Å². The van der Waals surface area contributed by atoms with Gasteiger partial charge in [0.25, 0.3) is 0 Å². The van der Waals surface area contributed by atoms with E-state index in [1.54, 1.807) is 17.4 Å². The molecule has 1 atom stereocenters. The number of halogens is 2. The Morgan fingerprint density at radius 1 is 1.29 bits per heavy atom. The molecule has 1 N–H and O–H groups in total. The van der Waals surface area contributed by atoms with Crippen LogP contribution >= 0.6 is 22.9 Å². The molecule has 1 aromatic heterocycles. The Kier molecular flexibility index (Phi) is 8.17. The lowest BCUT2D eigenvalue weighted by Gasteiger charge is -2.36. The van der Waals surface area contributed by atoms with Crippen LogP contribution in [0.5, 0.6) is 0 Å². The molecule has 0 unspecified atom stereocenters. The summed E-state index contributed by atoms with van der Waals surface area (Å²) in [6, 6.07) is 6.87. The molecule has 1 aliphatic heterocycles. The summed E-state index contributed by atoms with van der Waals surface area (Å²) in [4.78, 5) is 18.5. The van der Waals surface area contributed by atoms with E-state index in [1.807, 2.05) is 0 Å². The van der Waals surface area contributed by atoms with E-state index in [-0.39, 0.29) is 17.1 Å². The minimum absolute atomic E-state index is 0.0689. The van der Waals surface area contributed by atoms with Crippen molar-refractivity contribution in [3.63, 3.8) is 0 Å². The minimum atomic E-state index is -0.328. The summed E-state index contributed by atoms with van der Waals surface area (Å²) >= 11 is 7.76. The van der Waals surface area contributed by atoms with Gasteiger partial charge in [-0.2, -0.15) is 5.26 Å². The molecule has 8 heteroatoms. The molecule has 5 nitrogen and oxygen atoms in total. The number of nitriles is 1. The first-order valence-corrected chi connectivity index (χ1v) is 13.6. The quantitative estimate of drug-likeness (QED) is 0.512. The van der Waals surface area contributed by atoms with Gasteiger partial charge in [0.1, 0.15) is 16.9 Å². The van der Waals surface area contributed by atoms with Gasteiger partial charge in [-0.25, -0.2) is 4.39 Å². The highest BCUT2D eigenvalue weighted by Crippen LogP contribution is 2.45. The third-order valence-electron chi connectivity index (χ3n) is 7.89. The maximum absolute atomic E-state index is 13.3.